The fourth-order valence-corrected chi connectivity index (χ4v) is 4.87. The number of aryl methyl sites for hydroxylation is 1. The van der Waals surface area contributed by atoms with Crippen molar-refractivity contribution in [1.29, 1.82) is 0 Å². The van der Waals surface area contributed by atoms with Gasteiger partial charge in [0.05, 0.1) is 11.1 Å². The van der Waals surface area contributed by atoms with Gasteiger partial charge in [0.1, 0.15) is 11.0 Å². The normalized spacial score (nSPS) is 23.2. The Morgan fingerprint density at radius 2 is 1.79 bits per heavy atom. The topological polar surface area (TPSA) is 46.6 Å². The molecular formula is C18H20ClNO3S. The van der Waals surface area contributed by atoms with Gasteiger partial charge in [0.25, 0.3) is 0 Å². The summed E-state index contributed by atoms with van der Waals surface area (Å²) >= 11 is 6.17. The SMILES string of the molecule is Cc1ccc(CN2C(C)C(C)Oc3c(Cl)cccc3S2(=O)=O)cc1. The average Bonchev–Trinajstić information content (AvgIpc) is 2.61. The number of nitrogens with zero attached hydrogens (tertiary/aromatic N) is 1. The molecule has 1 aliphatic rings. The van der Waals surface area contributed by atoms with Gasteiger partial charge in [-0.3, -0.25) is 0 Å². The van der Waals surface area contributed by atoms with Crippen molar-refractivity contribution in [2.24, 2.45) is 0 Å². The first kappa shape index (κ1) is 17.3. The Morgan fingerprint density at radius 1 is 1.12 bits per heavy atom. The number of sulfonamides is 1. The molecule has 128 valence electrons. The van der Waals surface area contributed by atoms with E-state index in [0.29, 0.717) is 11.6 Å². The van der Waals surface area contributed by atoms with Gasteiger partial charge in [-0.1, -0.05) is 47.5 Å². The van der Waals surface area contributed by atoms with Gasteiger partial charge in [0.2, 0.25) is 10.0 Å². The highest BCUT2D eigenvalue weighted by Crippen LogP contribution is 2.39. The van der Waals surface area contributed by atoms with E-state index in [1.807, 2.05) is 45.0 Å². The summed E-state index contributed by atoms with van der Waals surface area (Å²) in [5, 5.41) is 0.312. The Labute approximate surface area is 148 Å². The molecule has 6 heteroatoms. The molecule has 3 rings (SSSR count). The maximum absolute atomic E-state index is 13.2. The summed E-state index contributed by atoms with van der Waals surface area (Å²) in [6.07, 6.45) is -0.314. The molecular weight excluding hydrogens is 346 g/mol. The van der Waals surface area contributed by atoms with Crippen LogP contribution < -0.4 is 4.74 Å². The zero-order valence-electron chi connectivity index (χ0n) is 13.9. The Balaban J connectivity index is 2.08. The van der Waals surface area contributed by atoms with E-state index >= 15 is 0 Å². The zero-order valence-corrected chi connectivity index (χ0v) is 15.4. The standard InChI is InChI=1S/C18H20ClNO3S/c1-12-7-9-15(10-8-12)11-20-13(2)14(3)23-18-16(19)5-4-6-17(18)24(20,21)22/h4-10,13-14H,11H2,1-3H3. The van der Waals surface area contributed by atoms with Crippen LogP contribution in [0.25, 0.3) is 0 Å². The van der Waals surface area contributed by atoms with Gasteiger partial charge in [0.15, 0.2) is 5.75 Å². The molecule has 2 unspecified atom stereocenters. The number of hydrogen-bond donors (Lipinski definition) is 0. The van der Waals surface area contributed by atoms with E-state index in [9.17, 15) is 8.42 Å². The smallest absolute Gasteiger partial charge is 0.247 e. The first-order valence-corrected chi connectivity index (χ1v) is 9.65. The van der Waals surface area contributed by atoms with Gasteiger partial charge in [-0.2, -0.15) is 4.31 Å². The molecule has 0 saturated carbocycles. The number of fused-ring (bicyclic) bond motifs is 1. The second-order valence-electron chi connectivity index (χ2n) is 6.17. The van der Waals surface area contributed by atoms with Crippen LogP contribution in [0.2, 0.25) is 5.02 Å². The van der Waals surface area contributed by atoms with Crippen molar-refractivity contribution in [3.63, 3.8) is 0 Å². The molecule has 2 aromatic rings. The third-order valence-corrected chi connectivity index (χ3v) is 6.67. The van der Waals surface area contributed by atoms with Crippen LogP contribution in [0, 0.1) is 6.92 Å². The monoisotopic (exact) mass is 365 g/mol. The summed E-state index contributed by atoms with van der Waals surface area (Å²) in [5.41, 5.74) is 2.08. The third kappa shape index (κ3) is 3.04. The summed E-state index contributed by atoms with van der Waals surface area (Å²) in [6, 6.07) is 12.4. The van der Waals surface area contributed by atoms with Crippen LogP contribution in [0.4, 0.5) is 0 Å². The lowest BCUT2D eigenvalue weighted by Gasteiger charge is -2.28. The van der Waals surface area contributed by atoms with Crippen molar-refractivity contribution in [1.82, 2.24) is 4.31 Å². The molecule has 0 radical (unpaired) electrons. The van der Waals surface area contributed by atoms with Gasteiger partial charge < -0.3 is 4.74 Å². The van der Waals surface area contributed by atoms with Gasteiger partial charge in [0, 0.05) is 6.54 Å². The number of benzene rings is 2. The number of halogens is 1. The molecule has 1 aliphatic heterocycles. The summed E-state index contributed by atoms with van der Waals surface area (Å²) in [4.78, 5) is 0.123. The Kier molecular flexibility index (Phi) is 4.60. The first-order valence-electron chi connectivity index (χ1n) is 7.83. The number of rotatable bonds is 2. The molecule has 0 fully saturated rings. The quantitative estimate of drug-likeness (QED) is 0.807. The summed E-state index contributed by atoms with van der Waals surface area (Å²) < 4.78 is 33.7. The minimum absolute atomic E-state index is 0.123. The van der Waals surface area contributed by atoms with Crippen molar-refractivity contribution < 1.29 is 13.2 Å². The summed E-state index contributed by atoms with van der Waals surface area (Å²) in [5.74, 6) is 0.241. The van der Waals surface area contributed by atoms with Crippen LogP contribution in [0.5, 0.6) is 5.75 Å². The lowest BCUT2D eigenvalue weighted by atomic mass is 10.1. The highest BCUT2D eigenvalue weighted by Gasteiger charge is 2.39. The molecule has 0 spiro atoms. The largest absolute Gasteiger partial charge is 0.486 e. The lowest BCUT2D eigenvalue weighted by molar-refractivity contribution is 0.139. The molecule has 0 aliphatic carbocycles. The van der Waals surface area contributed by atoms with E-state index in [2.05, 4.69) is 0 Å². The van der Waals surface area contributed by atoms with Gasteiger partial charge in [-0.05, 0) is 38.5 Å². The number of ether oxygens (including phenoxy) is 1. The number of para-hydroxylation sites is 1. The molecule has 24 heavy (non-hydrogen) atoms. The average molecular weight is 366 g/mol. The van der Waals surface area contributed by atoms with Crippen molar-refractivity contribution in [2.75, 3.05) is 0 Å². The lowest BCUT2D eigenvalue weighted by Crippen LogP contribution is -2.43. The van der Waals surface area contributed by atoms with E-state index in [4.69, 9.17) is 16.3 Å². The zero-order chi connectivity index (χ0) is 17.5. The van der Waals surface area contributed by atoms with E-state index < -0.39 is 10.0 Å². The number of hydrogen-bond acceptors (Lipinski definition) is 3. The van der Waals surface area contributed by atoms with Crippen molar-refractivity contribution >= 4 is 21.6 Å². The summed E-state index contributed by atoms with van der Waals surface area (Å²) in [7, 11) is -3.71. The van der Waals surface area contributed by atoms with Gasteiger partial charge >= 0.3 is 0 Å². The third-order valence-electron chi connectivity index (χ3n) is 4.41. The maximum atomic E-state index is 13.2. The minimum atomic E-state index is -3.71. The molecule has 4 nitrogen and oxygen atoms in total. The van der Waals surface area contributed by atoms with Gasteiger partial charge in [-0.25, -0.2) is 8.42 Å². The molecule has 1 heterocycles. The van der Waals surface area contributed by atoms with E-state index in [-0.39, 0.29) is 22.8 Å². The fraction of sp³-hybridized carbons (Fsp3) is 0.333. The highest BCUT2D eigenvalue weighted by molar-refractivity contribution is 7.89. The summed E-state index contributed by atoms with van der Waals surface area (Å²) in [6.45, 7) is 6.02. The second-order valence-corrected chi connectivity index (χ2v) is 8.43. The Bertz CT molecular complexity index is 849. The molecule has 2 aromatic carbocycles. The van der Waals surface area contributed by atoms with Crippen molar-refractivity contribution in [3.8, 4) is 5.75 Å². The van der Waals surface area contributed by atoms with Crippen molar-refractivity contribution in [2.45, 2.75) is 44.4 Å². The molecule has 2 atom stereocenters. The van der Waals surface area contributed by atoms with Crippen molar-refractivity contribution in [3.05, 3.63) is 58.6 Å². The molecule has 0 N–H and O–H groups in total. The van der Waals surface area contributed by atoms with Crippen LogP contribution in [0.1, 0.15) is 25.0 Å². The van der Waals surface area contributed by atoms with Crippen LogP contribution in [0.3, 0.4) is 0 Å². The maximum Gasteiger partial charge on any atom is 0.247 e. The Hall–Kier alpha value is -1.56. The van der Waals surface area contributed by atoms with E-state index in [1.54, 1.807) is 18.2 Å². The van der Waals surface area contributed by atoms with Crippen LogP contribution in [-0.2, 0) is 16.6 Å². The highest BCUT2D eigenvalue weighted by atomic mass is 35.5. The van der Waals surface area contributed by atoms with Gasteiger partial charge in [-0.15, -0.1) is 0 Å². The van der Waals surface area contributed by atoms with Crippen LogP contribution >= 0.6 is 11.6 Å². The van der Waals surface area contributed by atoms with E-state index in [0.717, 1.165) is 11.1 Å². The predicted octanol–water partition coefficient (Wildman–Crippen LogP) is 4.01. The first-order chi connectivity index (χ1) is 11.3. The second kappa shape index (κ2) is 6.39. The van der Waals surface area contributed by atoms with Crippen LogP contribution in [0.15, 0.2) is 47.4 Å². The molecule has 0 saturated heterocycles. The fourth-order valence-electron chi connectivity index (χ4n) is 2.77. The van der Waals surface area contributed by atoms with Crippen LogP contribution in [-0.4, -0.2) is 24.9 Å². The van der Waals surface area contributed by atoms with E-state index in [1.165, 1.54) is 4.31 Å². The molecule has 0 amide bonds. The molecule has 0 bridgehead atoms. The minimum Gasteiger partial charge on any atom is -0.486 e. The predicted molar refractivity (Wildman–Crippen MR) is 94.9 cm³/mol. The Morgan fingerprint density at radius 3 is 2.46 bits per heavy atom. The molecule has 0 aromatic heterocycles.